The third-order valence-corrected chi connectivity index (χ3v) is 3.64. The first-order valence-corrected chi connectivity index (χ1v) is 7.35. The second-order valence-electron chi connectivity index (χ2n) is 4.53. The molecule has 0 saturated carbocycles. The molecule has 20 heavy (non-hydrogen) atoms. The summed E-state index contributed by atoms with van der Waals surface area (Å²) >= 11 is 3.36. The molecule has 0 aromatic heterocycles. The van der Waals surface area contributed by atoms with Crippen LogP contribution in [-0.2, 0) is 0 Å². The minimum atomic E-state index is -0.319. The van der Waals surface area contributed by atoms with Crippen molar-refractivity contribution in [2.24, 2.45) is 0 Å². The van der Waals surface area contributed by atoms with E-state index in [1.54, 1.807) is 6.07 Å². The van der Waals surface area contributed by atoms with Crippen molar-refractivity contribution in [2.75, 3.05) is 6.54 Å². The highest BCUT2D eigenvalue weighted by molar-refractivity contribution is 9.10. The third kappa shape index (κ3) is 3.81. The van der Waals surface area contributed by atoms with Crippen LogP contribution in [-0.4, -0.2) is 6.54 Å². The Morgan fingerprint density at radius 1 is 1.25 bits per heavy atom. The zero-order chi connectivity index (χ0) is 14.5. The minimum Gasteiger partial charge on any atom is -0.456 e. The highest BCUT2D eigenvalue weighted by Crippen LogP contribution is 2.31. The molecule has 4 heteroatoms. The van der Waals surface area contributed by atoms with Gasteiger partial charge < -0.3 is 10.1 Å². The fraction of sp³-hybridized carbons (Fsp3) is 0.250. The molecule has 0 aliphatic carbocycles. The van der Waals surface area contributed by atoms with E-state index in [1.807, 2.05) is 24.3 Å². The molecule has 0 amide bonds. The van der Waals surface area contributed by atoms with Crippen LogP contribution in [0.1, 0.15) is 25.5 Å². The lowest BCUT2D eigenvalue weighted by molar-refractivity contribution is 0.471. The molecular weight excluding hydrogens is 321 g/mol. The standard InChI is InChI=1S/C16H17BrFNO/c1-3-19-11(2)12-5-4-6-14(9-12)20-16-10-13(18)7-8-15(16)17/h4-11,19H,3H2,1-2H3. The van der Waals surface area contributed by atoms with Crippen molar-refractivity contribution >= 4 is 15.9 Å². The molecule has 2 nitrogen and oxygen atoms in total. The number of benzene rings is 2. The average Bonchev–Trinajstić information content (AvgIpc) is 2.43. The largest absolute Gasteiger partial charge is 0.456 e. The molecule has 0 bridgehead atoms. The molecule has 0 aliphatic heterocycles. The molecule has 0 fully saturated rings. The van der Waals surface area contributed by atoms with Gasteiger partial charge in [0.1, 0.15) is 17.3 Å². The fourth-order valence-electron chi connectivity index (χ4n) is 1.95. The van der Waals surface area contributed by atoms with Gasteiger partial charge in [0.25, 0.3) is 0 Å². The number of hydrogen-bond acceptors (Lipinski definition) is 2. The van der Waals surface area contributed by atoms with Crippen LogP contribution in [0, 0.1) is 5.82 Å². The summed E-state index contributed by atoms with van der Waals surface area (Å²) in [5.41, 5.74) is 1.14. The fourth-order valence-corrected chi connectivity index (χ4v) is 2.28. The van der Waals surface area contributed by atoms with E-state index < -0.39 is 0 Å². The van der Waals surface area contributed by atoms with Crippen molar-refractivity contribution in [3.05, 3.63) is 58.3 Å². The van der Waals surface area contributed by atoms with Gasteiger partial charge >= 0.3 is 0 Å². The van der Waals surface area contributed by atoms with Gasteiger partial charge in [-0.3, -0.25) is 0 Å². The van der Waals surface area contributed by atoms with E-state index in [-0.39, 0.29) is 11.9 Å². The number of rotatable bonds is 5. The molecular formula is C16H17BrFNO. The van der Waals surface area contributed by atoms with E-state index in [0.717, 1.165) is 16.6 Å². The van der Waals surface area contributed by atoms with Gasteiger partial charge in [0.15, 0.2) is 0 Å². The Labute approximate surface area is 127 Å². The van der Waals surface area contributed by atoms with Crippen molar-refractivity contribution in [1.82, 2.24) is 5.32 Å². The molecule has 2 aromatic carbocycles. The monoisotopic (exact) mass is 337 g/mol. The summed E-state index contributed by atoms with van der Waals surface area (Å²) in [6.07, 6.45) is 0. The van der Waals surface area contributed by atoms with Gasteiger partial charge in [-0.25, -0.2) is 4.39 Å². The Hall–Kier alpha value is -1.39. The smallest absolute Gasteiger partial charge is 0.144 e. The van der Waals surface area contributed by atoms with Crippen LogP contribution in [0.3, 0.4) is 0 Å². The third-order valence-electron chi connectivity index (χ3n) is 2.99. The average molecular weight is 338 g/mol. The van der Waals surface area contributed by atoms with Gasteiger partial charge in [-0.15, -0.1) is 0 Å². The van der Waals surface area contributed by atoms with Crippen LogP contribution in [0.15, 0.2) is 46.9 Å². The maximum Gasteiger partial charge on any atom is 0.144 e. The zero-order valence-electron chi connectivity index (χ0n) is 11.5. The summed E-state index contributed by atoms with van der Waals surface area (Å²) in [5.74, 6) is 0.845. The van der Waals surface area contributed by atoms with Gasteiger partial charge in [0, 0.05) is 12.1 Å². The molecule has 2 rings (SSSR count). The molecule has 0 aliphatic rings. The molecule has 106 valence electrons. The number of hydrogen-bond donors (Lipinski definition) is 1. The lowest BCUT2D eigenvalue weighted by Crippen LogP contribution is -2.17. The first-order valence-electron chi connectivity index (χ1n) is 6.56. The van der Waals surface area contributed by atoms with Crippen LogP contribution < -0.4 is 10.1 Å². The molecule has 0 radical (unpaired) electrons. The van der Waals surface area contributed by atoms with Crippen molar-refractivity contribution < 1.29 is 9.13 Å². The van der Waals surface area contributed by atoms with Crippen LogP contribution >= 0.6 is 15.9 Å². The Kier molecular flexibility index (Phi) is 5.15. The molecule has 1 unspecified atom stereocenters. The SMILES string of the molecule is CCNC(C)c1cccc(Oc2cc(F)ccc2Br)c1. The minimum absolute atomic E-state index is 0.250. The zero-order valence-corrected chi connectivity index (χ0v) is 13.1. The molecule has 0 saturated heterocycles. The topological polar surface area (TPSA) is 21.3 Å². The second-order valence-corrected chi connectivity index (χ2v) is 5.38. The predicted molar refractivity (Wildman–Crippen MR) is 82.7 cm³/mol. The van der Waals surface area contributed by atoms with E-state index in [9.17, 15) is 4.39 Å². The van der Waals surface area contributed by atoms with E-state index in [1.165, 1.54) is 12.1 Å². The Morgan fingerprint density at radius 2 is 2.05 bits per heavy atom. The molecule has 0 heterocycles. The van der Waals surface area contributed by atoms with Crippen molar-refractivity contribution in [2.45, 2.75) is 19.9 Å². The van der Waals surface area contributed by atoms with Gasteiger partial charge in [-0.05, 0) is 59.2 Å². The van der Waals surface area contributed by atoms with Crippen molar-refractivity contribution in [1.29, 1.82) is 0 Å². The number of nitrogens with one attached hydrogen (secondary N) is 1. The first-order chi connectivity index (χ1) is 9.60. The Bertz CT molecular complexity index is 588. The van der Waals surface area contributed by atoms with Crippen LogP contribution in [0.5, 0.6) is 11.5 Å². The second kappa shape index (κ2) is 6.86. The van der Waals surface area contributed by atoms with Gasteiger partial charge in [0.05, 0.1) is 4.47 Å². The van der Waals surface area contributed by atoms with Gasteiger partial charge in [-0.2, -0.15) is 0 Å². The summed E-state index contributed by atoms with van der Waals surface area (Å²) in [5, 5.41) is 3.35. The number of halogens is 2. The van der Waals surface area contributed by atoms with E-state index in [2.05, 4.69) is 35.1 Å². The van der Waals surface area contributed by atoms with E-state index >= 15 is 0 Å². The maximum absolute atomic E-state index is 13.2. The lowest BCUT2D eigenvalue weighted by Gasteiger charge is -2.14. The molecule has 1 atom stereocenters. The highest BCUT2D eigenvalue weighted by Gasteiger charge is 2.08. The Morgan fingerprint density at radius 3 is 2.80 bits per heavy atom. The summed E-state index contributed by atoms with van der Waals surface area (Å²) in [4.78, 5) is 0. The van der Waals surface area contributed by atoms with E-state index in [0.29, 0.717) is 11.5 Å². The van der Waals surface area contributed by atoms with Gasteiger partial charge in [-0.1, -0.05) is 19.1 Å². The highest BCUT2D eigenvalue weighted by atomic mass is 79.9. The summed E-state index contributed by atoms with van der Waals surface area (Å²) < 4.78 is 19.7. The Balaban J connectivity index is 2.21. The summed E-state index contributed by atoms with van der Waals surface area (Å²) in [7, 11) is 0. The van der Waals surface area contributed by atoms with Gasteiger partial charge in [0.2, 0.25) is 0 Å². The van der Waals surface area contributed by atoms with Crippen molar-refractivity contribution in [3.63, 3.8) is 0 Å². The quantitative estimate of drug-likeness (QED) is 0.824. The van der Waals surface area contributed by atoms with Crippen LogP contribution in [0.25, 0.3) is 0 Å². The molecule has 1 N–H and O–H groups in total. The van der Waals surface area contributed by atoms with E-state index in [4.69, 9.17) is 4.74 Å². The summed E-state index contributed by atoms with van der Waals surface area (Å²) in [6.45, 7) is 5.07. The van der Waals surface area contributed by atoms with Crippen LogP contribution in [0.2, 0.25) is 0 Å². The lowest BCUT2D eigenvalue weighted by atomic mass is 10.1. The first kappa shape index (κ1) is 15.0. The number of ether oxygens (including phenoxy) is 1. The van der Waals surface area contributed by atoms with Crippen molar-refractivity contribution in [3.8, 4) is 11.5 Å². The summed E-state index contributed by atoms with van der Waals surface area (Å²) in [6, 6.07) is 12.4. The molecule has 0 spiro atoms. The normalized spacial score (nSPS) is 12.2. The molecule has 2 aromatic rings. The predicted octanol–water partition coefficient (Wildman–Crippen LogP) is 5.05. The van der Waals surface area contributed by atoms with Crippen LogP contribution in [0.4, 0.5) is 4.39 Å². The maximum atomic E-state index is 13.2.